The van der Waals surface area contributed by atoms with Gasteiger partial charge in [-0.25, -0.2) is 4.68 Å². The van der Waals surface area contributed by atoms with Crippen LogP contribution in [-0.4, -0.2) is 15.7 Å². The molecule has 2 aromatic heterocycles. The summed E-state index contributed by atoms with van der Waals surface area (Å²) in [4.78, 5) is 36.5. The number of hydrogen-bond acceptors (Lipinski definition) is 5. The van der Waals surface area contributed by atoms with Crippen LogP contribution >= 0.6 is 0 Å². The van der Waals surface area contributed by atoms with Gasteiger partial charge in [0.05, 0.1) is 16.8 Å². The maximum atomic E-state index is 12.7. The third-order valence-corrected chi connectivity index (χ3v) is 4.27. The van der Waals surface area contributed by atoms with Crippen LogP contribution in [0, 0.1) is 0 Å². The number of nitrogens with zero attached hydrogens (tertiary/aromatic N) is 2. The van der Waals surface area contributed by atoms with Crippen molar-refractivity contribution in [3.05, 3.63) is 93.1 Å². The fourth-order valence-corrected chi connectivity index (χ4v) is 2.86. The van der Waals surface area contributed by atoms with Crippen LogP contribution < -0.4 is 16.3 Å². The molecule has 0 saturated carbocycles. The highest BCUT2D eigenvalue weighted by molar-refractivity contribution is 6.05. The molecule has 28 heavy (non-hydrogen) atoms. The first kappa shape index (κ1) is 17.4. The van der Waals surface area contributed by atoms with E-state index in [4.69, 9.17) is 4.42 Å². The van der Waals surface area contributed by atoms with Crippen LogP contribution in [0.3, 0.4) is 0 Å². The molecule has 0 fully saturated rings. The number of carbonyl (C=O) groups is 1. The van der Waals surface area contributed by atoms with Crippen molar-refractivity contribution >= 4 is 22.6 Å². The van der Waals surface area contributed by atoms with Gasteiger partial charge >= 0.3 is 0 Å². The number of para-hydroxylation sites is 2. The molecule has 0 aliphatic carbocycles. The number of benzene rings is 2. The zero-order valence-corrected chi connectivity index (χ0v) is 14.9. The molecule has 1 amide bonds. The molecule has 4 aromatic rings. The summed E-state index contributed by atoms with van der Waals surface area (Å²) in [5.74, 6) is -0.646. The lowest BCUT2D eigenvalue weighted by atomic mass is 10.1. The van der Waals surface area contributed by atoms with Gasteiger partial charge in [0, 0.05) is 24.7 Å². The molecule has 138 valence electrons. The van der Waals surface area contributed by atoms with E-state index in [1.807, 2.05) is 0 Å². The number of carbonyl (C=O) groups excluding carboxylic acids is 1. The molecule has 0 aliphatic heterocycles. The maximum absolute atomic E-state index is 12.7. The highest BCUT2D eigenvalue weighted by Crippen LogP contribution is 2.26. The zero-order valence-electron chi connectivity index (χ0n) is 14.9. The second-order valence-electron chi connectivity index (χ2n) is 6.15. The molecule has 0 saturated heterocycles. The van der Waals surface area contributed by atoms with Gasteiger partial charge < -0.3 is 9.73 Å². The molecule has 0 aliphatic rings. The van der Waals surface area contributed by atoms with Crippen molar-refractivity contribution in [1.29, 1.82) is 0 Å². The Morgan fingerprint density at radius 3 is 2.57 bits per heavy atom. The van der Waals surface area contributed by atoms with E-state index in [1.54, 1.807) is 61.6 Å². The van der Waals surface area contributed by atoms with Crippen molar-refractivity contribution in [2.75, 3.05) is 5.32 Å². The second kappa shape index (κ2) is 6.96. The van der Waals surface area contributed by atoms with E-state index in [0.29, 0.717) is 27.9 Å². The van der Waals surface area contributed by atoms with Gasteiger partial charge in [-0.2, -0.15) is 5.10 Å². The summed E-state index contributed by atoms with van der Waals surface area (Å²) in [5, 5.41) is 7.38. The third kappa shape index (κ3) is 3.21. The molecule has 0 unspecified atom stereocenters. The quantitative estimate of drug-likeness (QED) is 0.596. The van der Waals surface area contributed by atoms with Crippen LogP contribution in [0.2, 0.25) is 0 Å². The molecule has 4 rings (SSSR count). The van der Waals surface area contributed by atoms with E-state index >= 15 is 0 Å². The summed E-state index contributed by atoms with van der Waals surface area (Å²) in [6.45, 7) is 0. The first-order valence-electron chi connectivity index (χ1n) is 8.51. The average Bonchev–Trinajstić information content (AvgIpc) is 2.70. The van der Waals surface area contributed by atoms with Gasteiger partial charge in [-0.3, -0.25) is 14.4 Å². The van der Waals surface area contributed by atoms with Gasteiger partial charge in [-0.05, 0) is 24.3 Å². The van der Waals surface area contributed by atoms with E-state index < -0.39 is 5.91 Å². The van der Waals surface area contributed by atoms with Crippen LogP contribution in [0.25, 0.3) is 22.2 Å². The van der Waals surface area contributed by atoms with Crippen molar-refractivity contribution in [3.63, 3.8) is 0 Å². The Morgan fingerprint density at radius 1 is 1.00 bits per heavy atom. The van der Waals surface area contributed by atoms with Gasteiger partial charge in [-0.15, -0.1) is 0 Å². The van der Waals surface area contributed by atoms with Crippen LogP contribution in [0.5, 0.6) is 0 Å². The first-order chi connectivity index (χ1) is 13.5. The Balaban J connectivity index is 1.72. The molecule has 1 N–H and O–H groups in total. The van der Waals surface area contributed by atoms with Gasteiger partial charge in [0.2, 0.25) is 0 Å². The largest absolute Gasteiger partial charge is 0.451 e. The minimum Gasteiger partial charge on any atom is -0.451 e. The van der Waals surface area contributed by atoms with Crippen molar-refractivity contribution in [3.8, 4) is 11.3 Å². The fourth-order valence-electron chi connectivity index (χ4n) is 2.86. The van der Waals surface area contributed by atoms with Crippen molar-refractivity contribution in [2.24, 2.45) is 7.05 Å². The zero-order chi connectivity index (χ0) is 19.7. The summed E-state index contributed by atoms with van der Waals surface area (Å²) in [5.41, 5.74) is 1.46. The first-order valence-corrected chi connectivity index (χ1v) is 8.51. The van der Waals surface area contributed by atoms with Gasteiger partial charge in [0.15, 0.2) is 11.2 Å². The van der Waals surface area contributed by atoms with E-state index in [2.05, 4.69) is 10.4 Å². The summed E-state index contributed by atoms with van der Waals surface area (Å²) < 4.78 is 6.80. The minimum atomic E-state index is -0.555. The molecule has 0 spiro atoms. The van der Waals surface area contributed by atoms with Crippen molar-refractivity contribution in [2.45, 2.75) is 0 Å². The minimum absolute atomic E-state index is 0.0908. The normalized spacial score (nSPS) is 10.8. The number of aromatic nitrogens is 2. The van der Waals surface area contributed by atoms with E-state index in [9.17, 15) is 14.4 Å². The molecule has 0 bridgehead atoms. The lowest BCUT2D eigenvalue weighted by Crippen LogP contribution is -2.19. The number of amides is 1. The predicted molar refractivity (Wildman–Crippen MR) is 105 cm³/mol. The van der Waals surface area contributed by atoms with E-state index in [-0.39, 0.29) is 16.7 Å². The van der Waals surface area contributed by atoms with Gasteiger partial charge in [0.25, 0.3) is 11.5 Å². The van der Waals surface area contributed by atoms with Crippen LogP contribution in [0.15, 0.2) is 80.7 Å². The monoisotopic (exact) mass is 373 g/mol. The van der Waals surface area contributed by atoms with Crippen LogP contribution in [0.4, 0.5) is 5.69 Å². The number of anilines is 1. The molecule has 2 aromatic carbocycles. The van der Waals surface area contributed by atoms with E-state index in [0.717, 1.165) is 0 Å². The van der Waals surface area contributed by atoms with Crippen LogP contribution in [0.1, 0.15) is 10.6 Å². The lowest BCUT2D eigenvalue weighted by molar-refractivity contribution is 0.0997. The number of rotatable bonds is 3. The summed E-state index contributed by atoms with van der Waals surface area (Å²) >= 11 is 0. The lowest BCUT2D eigenvalue weighted by Gasteiger charge is -2.11. The number of fused-ring (bicyclic) bond motifs is 1. The van der Waals surface area contributed by atoms with Gasteiger partial charge in [-0.1, -0.05) is 30.3 Å². The molecule has 0 radical (unpaired) electrons. The Bertz CT molecular complexity index is 1320. The number of nitrogens with one attached hydrogen (secondary N) is 1. The molecular formula is C21H15N3O4. The highest BCUT2D eigenvalue weighted by Gasteiger charge is 2.15. The average molecular weight is 373 g/mol. The van der Waals surface area contributed by atoms with Crippen molar-refractivity contribution < 1.29 is 9.21 Å². The second-order valence-corrected chi connectivity index (χ2v) is 6.15. The number of hydrogen-bond donors (Lipinski definition) is 1. The highest BCUT2D eigenvalue weighted by atomic mass is 16.3. The standard InChI is InChI=1S/C21H15N3O4/c1-24-20(26)11-10-16(23-24)13-6-2-4-8-15(13)22-21(27)19-12-17(25)14-7-3-5-9-18(14)28-19/h2-12H,1H3,(H,22,27). The molecule has 7 heteroatoms. The Morgan fingerprint density at radius 2 is 1.75 bits per heavy atom. The summed E-state index contributed by atoms with van der Waals surface area (Å²) in [7, 11) is 1.55. The molecule has 2 heterocycles. The SMILES string of the molecule is Cn1nc(-c2ccccc2NC(=O)c2cc(=O)c3ccccc3o2)ccc1=O. The number of aryl methyl sites for hydroxylation is 1. The van der Waals surface area contributed by atoms with Gasteiger partial charge in [0.1, 0.15) is 5.58 Å². The fraction of sp³-hybridized carbons (Fsp3) is 0.0476. The smallest absolute Gasteiger partial charge is 0.291 e. The Labute approximate surface area is 158 Å². The topological polar surface area (TPSA) is 94.2 Å². The Kier molecular flexibility index (Phi) is 4.33. The maximum Gasteiger partial charge on any atom is 0.291 e. The predicted octanol–water partition coefficient (Wildman–Crippen LogP) is 2.81. The molecular weight excluding hydrogens is 358 g/mol. The molecule has 7 nitrogen and oxygen atoms in total. The van der Waals surface area contributed by atoms with E-state index in [1.165, 1.54) is 16.8 Å². The molecule has 0 atom stereocenters. The summed E-state index contributed by atoms with van der Waals surface area (Å²) in [6, 6.07) is 17.9. The Hall–Kier alpha value is -4.00. The van der Waals surface area contributed by atoms with Crippen molar-refractivity contribution in [1.82, 2.24) is 9.78 Å². The third-order valence-electron chi connectivity index (χ3n) is 4.27. The van der Waals surface area contributed by atoms with Crippen LogP contribution in [-0.2, 0) is 7.05 Å². The summed E-state index contributed by atoms with van der Waals surface area (Å²) in [6.07, 6.45) is 0.